The second-order valence-corrected chi connectivity index (χ2v) is 8.53. The van der Waals surface area contributed by atoms with E-state index in [-0.39, 0.29) is 24.8 Å². The fraction of sp³-hybridized carbons (Fsp3) is 0.167. The molecule has 3 aromatic rings. The number of aryl methyl sites for hydroxylation is 1. The van der Waals surface area contributed by atoms with Crippen molar-refractivity contribution < 1.29 is 49.5 Å². The molecule has 0 fully saturated rings. The van der Waals surface area contributed by atoms with Crippen molar-refractivity contribution in [3.8, 4) is 5.69 Å². The number of hydrogen-bond donors (Lipinski definition) is 0. The summed E-state index contributed by atoms with van der Waals surface area (Å²) in [4.78, 5) is 0. The molecule has 1 unspecified atom stereocenters. The Morgan fingerprint density at radius 2 is 1.61 bits per heavy atom. The minimum atomic E-state index is 0. The molecule has 28 heavy (non-hydrogen) atoms. The molecular formula is C24H22Cl2NZr. The molecule has 0 bridgehead atoms. The summed E-state index contributed by atoms with van der Waals surface area (Å²) < 4.78 is 3.05. The Morgan fingerprint density at radius 1 is 0.929 bits per heavy atom. The first-order valence-electron chi connectivity index (χ1n) is 9.05. The Kier molecular flexibility index (Phi) is 8.13. The molecule has 0 amide bonds. The Bertz CT molecular complexity index is 1000. The van der Waals surface area contributed by atoms with Gasteiger partial charge >= 0.3 is 75.9 Å². The predicted octanol–water partition coefficient (Wildman–Crippen LogP) is 0.0544. The maximum atomic E-state index is 2.34. The van der Waals surface area contributed by atoms with Crippen LogP contribution in [-0.4, -0.2) is 4.57 Å². The van der Waals surface area contributed by atoms with Crippen LogP contribution in [-0.2, 0) is 31.1 Å². The van der Waals surface area contributed by atoms with Crippen LogP contribution >= 0.6 is 0 Å². The number of halogens is 2. The molecule has 0 aliphatic heterocycles. The number of para-hydroxylation sites is 1. The van der Waals surface area contributed by atoms with Gasteiger partial charge in [-0.25, -0.2) is 0 Å². The van der Waals surface area contributed by atoms with Crippen molar-refractivity contribution in [2.75, 3.05) is 0 Å². The number of rotatable bonds is 1. The van der Waals surface area contributed by atoms with Crippen molar-refractivity contribution in [1.82, 2.24) is 4.57 Å². The topological polar surface area (TPSA) is 4.93 Å². The van der Waals surface area contributed by atoms with E-state index in [2.05, 4.69) is 97.3 Å². The molecule has 2 aliphatic carbocycles. The van der Waals surface area contributed by atoms with Crippen LogP contribution in [0.2, 0.25) is 0 Å². The zero-order valence-electron chi connectivity index (χ0n) is 16.0. The van der Waals surface area contributed by atoms with Crippen molar-refractivity contribution in [2.24, 2.45) is 0 Å². The third kappa shape index (κ3) is 4.62. The molecule has 0 N–H and O–H groups in total. The van der Waals surface area contributed by atoms with Crippen LogP contribution in [0.4, 0.5) is 0 Å². The van der Waals surface area contributed by atoms with Gasteiger partial charge in [-0.2, -0.15) is 0 Å². The van der Waals surface area contributed by atoms with Crippen LogP contribution in [0.1, 0.15) is 38.6 Å². The van der Waals surface area contributed by atoms with E-state index in [1.54, 1.807) is 24.7 Å². The second-order valence-electron chi connectivity index (χ2n) is 7.00. The minimum absolute atomic E-state index is 0. The fourth-order valence-corrected chi connectivity index (χ4v) is 4.66. The van der Waals surface area contributed by atoms with Gasteiger partial charge in [-0.05, 0) is 50.1 Å². The monoisotopic (exact) mass is 484 g/mol. The molecule has 1 atom stereocenters. The van der Waals surface area contributed by atoms with E-state index in [0.29, 0.717) is 3.63 Å². The quantitative estimate of drug-likeness (QED) is 0.459. The molecule has 141 valence electrons. The third-order valence-corrected chi connectivity index (χ3v) is 6.21. The number of fused-ring (bicyclic) bond motifs is 2. The summed E-state index contributed by atoms with van der Waals surface area (Å²) >= 11 is 1.59. The number of benzene rings is 2. The van der Waals surface area contributed by atoms with Gasteiger partial charge < -0.3 is 29.4 Å². The number of hydrogen-bond acceptors (Lipinski definition) is 0. The molecule has 0 radical (unpaired) electrons. The van der Waals surface area contributed by atoms with Gasteiger partial charge in [0, 0.05) is 17.1 Å². The molecule has 4 heteroatoms. The third-order valence-electron chi connectivity index (χ3n) is 4.97. The van der Waals surface area contributed by atoms with Crippen molar-refractivity contribution in [2.45, 2.75) is 23.9 Å². The Morgan fingerprint density at radius 3 is 2.32 bits per heavy atom. The van der Waals surface area contributed by atoms with Crippen molar-refractivity contribution >= 4 is 12.2 Å². The maximum absolute atomic E-state index is 2.34. The van der Waals surface area contributed by atoms with Gasteiger partial charge in [-0.3, -0.25) is 0 Å². The van der Waals surface area contributed by atoms with Gasteiger partial charge in [-0.15, -0.1) is 0 Å². The summed E-state index contributed by atoms with van der Waals surface area (Å²) in [6.45, 7) is 4.37. The predicted molar refractivity (Wildman–Crippen MR) is 106 cm³/mol. The van der Waals surface area contributed by atoms with Gasteiger partial charge in [0.2, 0.25) is 0 Å². The van der Waals surface area contributed by atoms with Crippen molar-refractivity contribution in [1.29, 1.82) is 0 Å². The first-order valence-corrected chi connectivity index (χ1v) is 10.5. The van der Waals surface area contributed by atoms with E-state index in [1.165, 1.54) is 39.3 Å². The average molecular weight is 487 g/mol. The molecule has 1 heterocycles. The normalized spacial score (nSPS) is 15.4. The van der Waals surface area contributed by atoms with Crippen molar-refractivity contribution in [3.63, 3.8) is 0 Å². The summed E-state index contributed by atoms with van der Waals surface area (Å²) in [6, 6.07) is 21.5. The van der Waals surface area contributed by atoms with E-state index in [4.69, 9.17) is 0 Å². The van der Waals surface area contributed by atoms with Gasteiger partial charge in [-0.1, -0.05) is 23.8 Å². The average Bonchev–Trinajstić information content (AvgIpc) is 3.28. The summed E-state index contributed by atoms with van der Waals surface area (Å²) in [6.07, 6.45) is 7.91. The number of allylic oxidation sites excluding steroid dienone is 2. The summed E-state index contributed by atoms with van der Waals surface area (Å²) in [7, 11) is 0. The first-order chi connectivity index (χ1) is 12.6. The summed E-state index contributed by atoms with van der Waals surface area (Å²) in [5.74, 6) is 0. The molecule has 2 aromatic carbocycles. The Balaban J connectivity index is 0.000000204. The zero-order valence-corrected chi connectivity index (χ0v) is 20.0. The first kappa shape index (κ1) is 22.9. The van der Waals surface area contributed by atoms with E-state index >= 15 is 0 Å². The standard InChI is InChI=1S/C15H15N.C9H7.2ClH.Zr/c1-11-8-13-10-12(2)16(15(13)9-11)14-6-4-3-5-7-14;1-2-5-9-7-3-6-8(9)4-1;;;/h3-7,9-10H,8H2,1-2H3;1-7H;2*1H;/q;;;;+2/p-2. The molecule has 0 saturated carbocycles. The van der Waals surface area contributed by atoms with Gasteiger partial charge in [0.15, 0.2) is 0 Å². The van der Waals surface area contributed by atoms with Crippen molar-refractivity contribution in [3.05, 3.63) is 100 Å². The van der Waals surface area contributed by atoms with Crippen LogP contribution in [0, 0.1) is 6.92 Å². The van der Waals surface area contributed by atoms with Crippen LogP contribution in [0.3, 0.4) is 0 Å². The molecule has 5 rings (SSSR count). The second kappa shape index (κ2) is 9.92. The molecule has 2 aliphatic rings. The molecule has 0 saturated heterocycles. The van der Waals surface area contributed by atoms with Crippen LogP contribution < -0.4 is 24.8 Å². The number of aromatic nitrogens is 1. The van der Waals surface area contributed by atoms with Crippen LogP contribution in [0.25, 0.3) is 17.8 Å². The van der Waals surface area contributed by atoms with Gasteiger partial charge in [0.25, 0.3) is 0 Å². The Labute approximate surface area is 195 Å². The van der Waals surface area contributed by atoms with Crippen LogP contribution in [0.15, 0.2) is 72.3 Å². The fourth-order valence-electron chi connectivity index (χ4n) is 3.78. The Hall–Kier alpha value is -1.34. The molecule has 0 spiro atoms. The SMILES string of the molecule is CC1=Cc2c(cc(C)n2-c2ccccc2)C1.[Cl-].[Cl-].[Zr+2][CH]1C=Cc2ccccc21. The number of nitrogens with zero attached hydrogens (tertiary/aromatic N) is 1. The van der Waals surface area contributed by atoms with E-state index < -0.39 is 0 Å². The van der Waals surface area contributed by atoms with E-state index in [0.717, 1.165) is 6.42 Å². The van der Waals surface area contributed by atoms with E-state index in [9.17, 15) is 0 Å². The summed E-state index contributed by atoms with van der Waals surface area (Å²) in [5, 5.41) is 0. The molecule has 1 nitrogen and oxygen atoms in total. The molecule has 1 aromatic heterocycles. The van der Waals surface area contributed by atoms with Crippen LogP contribution in [0.5, 0.6) is 0 Å². The van der Waals surface area contributed by atoms with Gasteiger partial charge in [0.1, 0.15) is 0 Å². The summed E-state index contributed by atoms with van der Waals surface area (Å²) in [5.41, 5.74) is 9.76. The zero-order chi connectivity index (χ0) is 18.1. The molecular weight excluding hydrogens is 464 g/mol. The van der Waals surface area contributed by atoms with Gasteiger partial charge in [0.05, 0.1) is 0 Å². The van der Waals surface area contributed by atoms with E-state index in [1.807, 2.05) is 0 Å².